The molecule has 46 heavy (non-hydrogen) atoms. The second-order valence-electron chi connectivity index (χ2n) is 12.3. The van der Waals surface area contributed by atoms with Crippen LogP contribution in [-0.2, 0) is 30.1 Å². The molecule has 0 fully saturated rings. The van der Waals surface area contributed by atoms with Crippen LogP contribution in [0.5, 0.6) is 0 Å². The van der Waals surface area contributed by atoms with Gasteiger partial charge in [0.1, 0.15) is 0 Å². The maximum atomic E-state index is 13.5. The highest BCUT2D eigenvalue weighted by molar-refractivity contribution is 7.89. The molecule has 0 spiro atoms. The van der Waals surface area contributed by atoms with E-state index in [2.05, 4.69) is 0 Å². The second kappa shape index (κ2) is 15.1. The first-order valence-electron chi connectivity index (χ1n) is 15.1. The zero-order valence-electron chi connectivity index (χ0n) is 28.2. The molecule has 0 heterocycles. The molecule has 3 aromatic carbocycles. The predicted molar refractivity (Wildman–Crippen MR) is 183 cm³/mol. The van der Waals surface area contributed by atoms with Crippen molar-refractivity contribution in [3.05, 3.63) is 89.5 Å². The first-order valence-corrected chi connectivity index (χ1v) is 19.5. The molecule has 0 aliphatic carbocycles. The lowest BCUT2D eigenvalue weighted by Gasteiger charge is -2.37. The Morgan fingerprint density at radius 2 is 0.630 bits per heavy atom. The molecule has 3 rings (SSSR count). The third-order valence-corrected chi connectivity index (χ3v) is 14.5. The van der Waals surface area contributed by atoms with E-state index in [0.29, 0.717) is 0 Å². The maximum Gasteiger partial charge on any atom is 0.243 e. The van der Waals surface area contributed by atoms with E-state index in [0.717, 1.165) is 16.7 Å². The summed E-state index contributed by atoms with van der Waals surface area (Å²) in [5.74, 6) is 0. The molecule has 0 saturated carbocycles. The van der Waals surface area contributed by atoms with Crippen LogP contribution in [0.2, 0.25) is 0 Å². The van der Waals surface area contributed by atoms with Crippen molar-refractivity contribution in [2.75, 3.05) is 40.8 Å². The molecule has 0 aromatic heterocycles. The van der Waals surface area contributed by atoms with Crippen molar-refractivity contribution in [1.82, 2.24) is 17.8 Å². The first-order chi connectivity index (χ1) is 21.3. The van der Waals surface area contributed by atoms with Crippen LogP contribution in [0, 0.1) is 20.8 Å². The standard InChI is InChI=1S/C33H48N4O6S3/c1-25-10-16-31(17-11-25)44(38,39)34(7)28(4)22-37(23-29(5)35(8)45(40,41)32-18-12-26(2)13-19-32)24-30(6)36(9)46(42,43)33-20-14-27(3)15-21-33/h10-21,28-30H,22-24H2,1-9H3/t28-,29-,30-/m0/s1. The summed E-state index contributed by atoms with van der Waals surface area (Å²) in [6.45, 7) is 11.7. The van der Waals surface area contributed by atoms with Gasteiger partial charge in [0.05, 0.1) is 14.7 Å². The Balaban J connectivity index is 1.89. The highest BCUT2D eigenvalue weighted by Crippen LogP contribution is 2.22. The monoisotopic (exact) mass is 692 g/mol. The van der Waals surface area contributed by atoms with E-state index in [1.54, 1.807) is 93.6 Å². The van der Waals surface area contributed by atoms with Gasteiger partial charge in [-0.3, -0.25) is 4.90 Å². The molecule has 0 unspecified atom stereocenters. The predicted octanol–water partition coefficient (Wildman–Crippen LogP) is 4.34. The minimum absolute atomic E-state index is 0.175. The van der Waals surface area contributed by atoms with Gasteiger partial charge in [-0.15, -0.1) is 0 Å². The smallest absolute Gasteiger partial charge is 0.243 e. The highest BCUT2D eigenvalue weighted by atomic mass is 32.2. The molecular formula is C33H48N4O6S3. The van der Waals surface area contributed by atoms with E-state index in [9.17, 15) is 25.3 Å². The van der Waals surface area contributed by atoms with Gasteiger partial charge in [-0.25, -0.2) is 25.3 Å². The van der Waals surface area contributed by atoms with Crippen LogP contribution in [0.1, 0.15) is 37.5 Å². The molecule has 0 N–H and O–H groups in total. The van der Waals surface area contributed by atoms with E-state index >= 15 is 0 Å². The van der Waals surface area contributed by atoms with E-state index in [4.69, 9.17) is 0 Å². The van der Waals surface area contributed by atoms with E-state index in [1.807, 2.05) is 25.7 Å². The van der Waals surface area contributed by atoms with Crippen molar-refractivity contribution in [3.63, 3.8) is 0 Å². The zero-order valence-corrected chi connectivity index (χ0v) is 30.7. The van der Waals surface area contributed by atoms with Crippen LogP contribution in [0.25, 0.3) is 0 Å². The van der Waals surface area contributed by atoms with Gasteiger partial charge in [0, 0.05) is 58.9 Å². The van der Waals surface area contributed by atoms with E-state index < -0.39 is 48.2 Å². The molecule has 0 saturated heterocycles. The Bertz CT molecular complexity index is 1570. The Kier molecular flexibility index (Phi) is 12.4. The number of likely N-dealkylation sites (N-methyl/N-ethyl adjacent to an activating group) is 3. The maximum absolute atomic E-state index is 13.5. The normalized spacial score (nSPS) is 15.1. The Morgan fingerprint density at radius 3 is 0.826 bits per heavy atom. The molecule has 10 nitrogen and oxygen atoms in total. The molecule has 3 atom stereocenters. The second-order valence-corrected chi connectivity index (χ2v) is 18.3. The highest BCUT2D eigenvalue weighted by Gasteiger charge is 2.32. The van der Waals surface area contributed by atoms with Crippen LogP contribution in [-0.4, -0.2) is 102 Å². The van der Waals surface area contributed by atoms with Crippen molar-refractivity contribution in [3.8, 4) is 0 Å². The first kappa shape index (κ1) is 37.8. The van der Waals surface area contributed by atoms with Crippen molar-refractivity contribution < 1.29 is 25.3 Å². The van der Waals surface area contributed by atoms with Gasteiger partial charge >= 0.3 is 0 Å². The molecule has 0 aliphatic heterocycles. The van der Waals surface area contributed by atoms with Crippen LogP contribution in [0.15, 0.2) is 87.5 Å². The Hall–Kier alpha value is -2.65. The van der Waals surface area contributed by atoms with Gasteiger partial charge in [-0.1, -0.05) is 53.1 Å². The fourth-order valence-electron chi connectivity index (χ4n) is 5.03. The van der Waals surface area contributed by atoms with Crippen molar-refractivity contribution in [2.24, 2.45) is 0 Å². The van der Waals surface area contributed by atoms with Crippen LogP contribution in [0.4, 0.5) is 0 Å². The average molecular weight is 693 g/mol. The van der Waals surface area contributed by atoms with Crippen LogP contribution >= 0.6 is 0 Å². The summed E-state index contributed by atoms with van der Waals surface area (Å²) < 4.78 is 84.8. The van der Waals surface area contributed by atoms with E-state index in [1.165, 1.54) is 34.1 Å². The fraction of sp³-hybridized carbons (Fsp3) is 0.455. The number of aryl methyl sites for hydroxylation is 3. The number of hydrogen-bond acceptors (Lipinski definition) is 7. The number of benzene rings is 3. The lowest BCUT2D eigenvalue weighted by Crippen LogP contribution is -2.51. The van der Waals surface area contributed by atoms with Gasteiger partial charge in [0.15, 0.2) is 0 Å². The number of nitrogens with zero attached hydrogens (tertiary/aromatic N) is 4. The molecule has 254 valence electrons. The van der Waals surface area contributed by atoms with Gasteiger partial charge in [-0.05, 0) is 77.9 Å². The molecule has 0 radical (unpaired) electrons. The van der Waals surface area contributed by atoms with Gasteiger partial charge in [-0.2, -0.15) is 12.9 Å². The van der Waals surface area contributed by atoms with Crippen LogP contribution in [0.3, 0.4) is 0 Å². The summed E-state index contributed by atoms with van der Waals surface area (Å²) in [6, 6.07) is 18.4. The van der Waals surface area contributed by atoms with Crippen LogP contribution < -0.4 is 0 Å². The number of sulfonamides is 3. The van der Waals surface area contributed by atoms with Crippen molar-refractivity contribution in [1.29, 1.82) is 0 Å². The lowest BCUT2D eigenvalue weighted by atomic mass is 10.2. The lowest BCUT2D eigenvalue weighted by molar-refractivity contribution is 0.160. The Morgan fingerprint density at radius 1 is 0.435 bits per heavy atom. The third-order valence-electron chi connectivity index (χ3n) is 8.52. The zero-order chi connectivity index (χ0) is 34.6. The van der Waals surface area contributed by atoms with Gasteiger partial charge in [0.25, 0.3) is 0 Å². The summed E-state index contributed by atoms with van der Waals surface area (Å²) in [6.07, 6.45) is 0. The van der Waals surface area contributed by atoms with E-state index in [-0.39, 0.29) is 34.3 Å². The quantitative estimate of drug-likeness (QED) is 0.233. The SMILES string of the molecule is Cc1ccc(S(=O)(=O)N(C)[C@@H](C)CN(C[C@H](C)N(C)S(=O)(=O)c2ccc(C)cc2)C[C@H](C)N(C)S(=O)(=O)c2ccc(C)cc2)cc1. The fourth-order valence-corrected chi connectivity index (χ4v) is 9.09. The Labute approximate surface area is 276 Å². The summed E-state index contributed by atoms with van der Waals surface area (Å²) in [5.41, 5.74) is 2.83. The number of rotatable bonds is 15. The summed E-state index contributed by atoms with van der Waals surface area (Å²) in [5, 5.41) is 0. The van der Waals surface area contributed by atoms with Crippen molar-refractivity contribution >= 4 is 30.1 Å². The topological polar surface area (TPSA) is 115 Å². The van der Waals surface area contributed by atoms with Gasteiger partial charge in [0.2, 0.25) is 30.1 Å². The average Bonchev–Trinajstić information content (AvgIpc) is 3.00. The third kappa shape index (κ3) is 8.82. The molecule has 13 heteroatoms. The molecular weight excluding hydrogens is 645 g/mol. The number of hydrogen-bond donors (Lipinski definition) is 0. The molecule has 3 aromatic rings. The summed E-state index contributed by atoms with van der Waals surface area (Å²) in [4.78, 5) is 2.46. The van der Waals surface area contributed by atoms with Crippen molar-refractivity contribution in [2.45, 2.75) is 74.4 Å². The summed E-state index contributed by atoms with van der Waals surface area (Å²) in [7, 11) is -6.90. The molecule has 0 bridgehead atoms. The minimum atomic E-state index is -3.82. The minimum Gasteiger partial charge on any atom is -0.299 e. The largest absolute Gasteiger partial charge is 0.299 e. The molecule has 0 aliphatic rings. The molecule has 0 amide bonds. The summed E-state index contributed by atoms with van der Waals surface area (Å²) >= 11 is 0. The van der Waals surface area contributed by atoms with Gasteiger partial charge < -0.3 is 0 Å².